The molecule has 134 valence electrons. The molecule has 2 aliphatic heterocycles. The van der Waals surface area contributed by atoms with Crippen molar-refractivity contribution >= 4 is 11.9 Å². The summed E-state index contributed by atoms with van der Waals surface area (Å²) < 4.78 is 13.1. The summed E-state index contributed by atoms with van der Waals surface area (Å²) in [7, 11) is 0. The number of rotatable bonds is 2. The second-order valence-electron chi connectivity index (χ2n) is 7.33. The van der Waals surface area contributed by atoms with Gasteiger partial charge < -0.3 is 14.7 Å². The molecule has 25 heavy (non-hydrogen) atoms. The highest BCUT2D eigenvalue weighted by atomic mass is 19.1. The van der Waals surface area contributed by atoms with E-state index in [1.807, 2.05) is 9.80 Å². The van der Waals surface area contributed by atoms with E-state index in [-0.39, 0.29) is 23.8 Å². The Kier molecular flexibility index (Phi) is 4.36. The molecule has 1 aliphatic carbocycles. The van der Waals surface area contributed by atoms with Crippen LogP contribution in [0.1, 0.15) is 42.5 Å². The van der Waals surface area contributed by atoms with Gasteiger partial charge in [-0.1, -0.05) is 19.3 Å². The molecule has 3 aliphatic rings. The van der Waals surface area contributed by atoms with Crippen LogP contribution in [-0.4, -0.2) is 64.9 Å². The quantitative estimate of drug-likeness (QED) is 0.827. The Balaban J connectivity index is 1.43. The minimum atomic E-state index is -0.342. The van der Waals surface area contributed by atoms with Crippen molar-refractivity contribution < 1.29 is 14.0 Å². The third kappa shape index (κ3) is 3.10. The van der Waals surface area contributed by atoms with Gasteiger partial charge in [0.25, 0.3) is 5.91 Å². The second kappa shape index (κ2) is 6.65. The highest BCUT2D eigenvalue weighted by molar-refractivity contribution is 5.94. The SMILES string of the molecule is O=C(c1ccc(F)cc1)N1CCN2C(=O)N(C3CCCCC3)C[C@H]2C1. The number of hydrogen-bond acceptors (Lipinski definition) is 2. The van der Waals surface area contributed by atoms with E-state index in [2.05, 4.69) is 0 Å². The molecule has 0 unspecified atom stereocenters. The largest absolute Gasteiger partial charge is 0.335 e. The maximum Gasteiger partial charge on any atom is 0.320 e. The fraction of sp³-hybridized carbons (Fsp3) is 0.579. The topological polar surface area (TPSA) is 43.9 Å². The zero-order valence-corrected chi connectivity index (χ0v) is 14.4. The minimum absolute atomic E-state index is 0.0765. The third-order valence-corrected chi connectivity index (χ3v) is 5.78. The summed E-state index contributed by atoms with van der Waals surface area (Å²) in [5.74, 6) is -0.422. The van der Waals surface area contributed by atoms with Crippen molar-refractivity contribution in [3.63, 3.8) is 0 Å². The minimum Gasteiger partial charge on any atom is -0.335 e. The van der Waals surface area contributed by atoms with Gasteiger partial charge in [-0.2, -0.15) is 0 Å². The van der Waals surface area contributed by atoms with E-state index in [4.69, 9.17) is 0 Å². The van der Waals surface area contributed by atoms with Crippen LogP contribution in [0.15, 0.2) is 24.3 Å². The van der Waals surface area contributed by atoms with Gasteiger partial charge in [-0.15, -0.1) is 0 Å². The van der Waals surface area contributed by atoms with Gasteiger partial charge in [-0.05, 0) is 37.1 Å². The van der Waals surface area contributed by atoms with Gasteiger partial charge in [0.05, 0.1) is 6.04 Å². The van der Waals surface area contributed by atoms with E-state index in [0.717, 1.165) is 19.4 Å². The predicted molar refractivity (Wildman–Crippen MR) is 91.8 cm³/mol. The maximum absolute atomic E-state index is 13.1. The summed E-state index contributed by atoms with van der Waals surface area (Å²) in [6.07, 6.45) is 5.88. The number of benzene rings is 1. The molecule has 5 nitrogen and oxygen atoms in total. The lowest BCUT2D eigenvalue weighted by Crippen LogP contribution is -2.53. The molecule has 4 rings (SSSR count). The van der Waals surface area contributed by atoms with Crippen molar-refractivity contribution in [1.82, 2.24) is 14.7 Å². The Morgan fingerprint density at radius 1 is 0.920 bits per heavy atom. The molecule has 2 heterocycles. The normalized spacial score (nSPS) is 24.6. The Hall–Kier alpha value is -2.11. The molecule has 0 bridgehead atoms. The summed E-state index contributed by atoms with van der Waals surface area (Å²) in [5.41, 5.74) is 0.503. The van der Waals surface area contributed by atoms with Gasteiger partial charge in [-0.3, -0.25) is 4.79 Å². The number of hydrogen-bond donors (Lipinski definition) is 0. The van der Waals surface area contributed by atoms with Crippen LogP contribution in [0.2, 0.25) is 0 Å². The zero-order valence-electron chi connectivity index (χ0n) is 14.4. The molecule has 1 aromatic rings. The molecule has 0 aromatic heterocycles. The summed E-state index contributed by atoms with van der Waals surface area (Å²) in [6, 6.07) is 6.27. The Labute approximate surface area is 147 Å². The molecule has 0 N–H and O–H groups in total. The number of amides is 3. The van der Waals surface area contributed by atoms with E-state index >= 15 is 0 Å². The number of piperazine rings is 1. The van der Waals surface area contributed by atoms with Crippen molar-refractivity contribution in [2.45, 2.75) is 44.2 Å². The molecule has 0 radical (unpaired) electrons. The van der Waals surface area contributed by atoms with E-state index in [1.165, 1.54) is 43.5 Å². The number of urea groups is 1. The molecule has 3 amide bonds. The predicted octanol–water partition coefficient (Wildman–Crippen LogP) is 2.72. The molecule has 0 spiro atoms. The summed E-state index contributed by atoms with van der Waals surface area (Å²) in [6.45, 7) is 2.40. The number of carbonyl (C=O) groups excluding carboxylic acids is 2. The van der Waals surface area contributed by atoms with Crippen molar-refractivity contribution in [2.75, 3.05) is 26.2 Å². The monoisotopic (exact) mass is 345 g/mol. The van der Waals surface area contributed by atoms with Gasteiger partial charge in [0.1, 0.15) is 5.82 Å². The van der Waals surface area contributed by atoms with E-state index in [9.17, 15) is 14.0 Å². The van der Waals surface area contributed by atoms with Crippen LogP contribution in [0, 0.1) is 5.82 Å². The average Bonchev–Trinajstić information content (AvgIpc) is 2.99. The molecule has 6 heteroatoms. The molecule has 1 saturated carbocycles. The first-order chi connectivity index (χ1) is 12.1. The number of halogens is 1. The fourth-order valence-corrected chi connectivity index (χ4v) is 4.39. The molecular weight excluding hydrogens is 321 g/mol. The van der Waals surface area contributed by atoms with Crippen LogP contribution < -0.4 is 0 Å². The van der Waals surface area contributed by atoms with Crippen LogP contribution in [0.3, 0.4) is 0 Å². The Bertz CT molecular complexity index is 657. The standard InChI is InChI=1S/C19H24FN3O2/c20-15-8-6-14(7-9-15)18(24)21-10-11-22-17(12-21)13-23(19(22)25)16-4-2-1-3-5-16/h6-9,16-17H,1-5,10-13H2/t17-/m1/s1. The lowest BCUT2D eigenvalue weighted by molar-refractivity contribution is 0.0617. The van der Waals surface area contributed by atoms with E-state index in [0.29, 0.717) is 31.2 Å². The van der Waals surface area contributed by atoms with Gasteiger partial charge in [0.15, 0.2) is 0 Å². The van der Waals surface area contributed by atoms with Crippen LogP contribution >= 0.6 is 0 Å². The van der Waals surface area contributed by atoms with Crippen molar-refractivity contribution in [2.24, 2.45) is 0 Å². The van der Waals surface area contributed by atoms with Gasteiger partial charge in [-0.25, -0.2) is 9.18 Å². The summed E-state index contributed by atoms with van der Waals surface area (Å²) >= 11 is 0. The van der Waals surface area contributed by atoms with Crippen LogP contribution in [-0.2, 0) is 0 Å². The highest BCUT2D eigenvalue weighted by Crippen LogP contribution is 2.29. The van der Waals surface area contributed by atoms with Crippen molar-refractivity contribution in [3.8, 4) is 0 Å². The van der Waals surface area contributed by atoms with Gasteiger partial charge >= 0.3 is 6.03 Å². The van der Waals surface area contributed by atoms with E-state index in [1.54, 1.807) is 4.90 Å². The first-order valence-electron chi connectivity index (χ1n) is 9.25. The molecule has 2 saturated heterocycles. The van der Waals surface area contributed by atoms with Crippen LogP contribution in [0.5, 0.6) is 0 Å². The highest BCUT2D eigenvalue weighted by Gasteiger charge is 2.44. The fourth-order valence-electron chi connectivity index (χ4n) is 4.39. The zero-order chi connectivity index (χ0) is 17.4. The van der Waals surface area contributed by atoms with Crippen LogP contribution in [0.25, 0.3) is 0 Å². The van der Waals surface area contributed by atoms with Gasteiger partial charge in [0, 0.05) is 37.8 Å². The molecular formula is C19H24FN3O2. The first kappa shape index (κ1) is 16.4. The molecule has 1 aromatic carbocycles. The Morgan fingerprint density at radius 2 is 1.64 bits per heavy atom. The number of fused-ring (bicyclic) bond motifs is 1. The number of carbonyl (C=O) groups is 2. The molecule has 1 atom stereocenters. The second-order valence-corrected chi connectivity index (χ2v) is 7.33. The molecule has 3 fully saturated rings. The van der Waals surface area contributed by atoms with Crippen molar-refractivity contribution in [1.29, 1.82) is 0 Å². The van der Waals surface area contributed by atoms with Crippen molar-refractivity contribution in [3.05, 3.63) is 35.6 Å². The Morgan fingerprint density at radius 3 is 2.36 bits per heavy atom. The van der Waals surface area contributed by atoms with E-state index < -0.39 is 0 Å². The number of nitrogens with zero attached hydrogens (tertiary/aromatic N) is 3. The smallest absolute Gasteiger partial charge is 0.320 e. The van der Waals surface area contributed by atoms with Crippen LogP contribution in [0.4, 0.5) is 9.18 Å². The maximum atomic E-state index is 13.1. The summed E-state index contributed by atoms with van der Waals surface area (Å²) in [5, 5.41) is 0. The lowest BCUT2D eigenvalue weighted by Gasteiger charge is -2.36. The third-order valence-electron chi connectivity index (χ3n) is 5.78. The van der Waals surface area contributed by atoms with Gasteiger partial charge in [0.2, 0.25) is 0 Å². The average molecular weight is 345 g/mol. The lowest BCUT2D eigenvalue weighted by atomic mass is 9.94. The summed E-state index contributed by atoms with van der Waals surface area (Å²) in [4.78, 5) is 31.1. The first-order valence-corrected chi connectivity index (χ1v) is 9.25.